The predicted octanol–water partition coefficient (Wildman–Crippen LogP) is 3.90. The van der Waals surface area contributed by atoms with E-state index in [-0.39, 0.29) is 18.6 Å². The van der Waals surface area contributed by atoms with Gasteiger partial charge < -0.3 is 10.1 Å². The second-order valence-corrected chi connectivity index (χ2v) is 6.33. The molecule has 0 unspecified atom stereocenters. The van der Waals surface area contributed by atoms with Crippen molar-refractivity contribution in [2.45, 2.75) is 6.04 Å². The number of benzene rings is 2. The molecular weight excluding hydrogens is 332 g/mol. The first-order valence-electron chi connectivity index (χ1n) is 7.77. The Bertz CT molecular complexity index is 870. The van der Waals surface area contributed by atoms with Crippen molar-refractivity contribution in [3.8, 4) is 11.8 Å². The van der Waals surface area contributed by atoms with Gasteiger partial charge in [0.25, 0.3) is 5.91 Å². The molecule has 1 atom stereocenters. The highest BCUT2D eigenvalue weighted by atomic mass is 32.1. The van der Waals surface area contributed by atoms with Gasteiger partial charge in [-0.2, -0.15) is 5.26 Å². The lowest BCUT2D eigenvalue weighted by Gasteiger charge is -2.18. The fraction of sp³-hybridized carbons (Fsp3) is 0.100. The van der Waals surface area contributed by atoms with Crippen LogP contribution in [0.3, 0.4) is 0 Å². The van der Waals surface area contributed by atoms with Crippen LogP contribution in [-0.2, 0) is 4.79 Å². The summed E-state index contributed by atoms with van der Waals surface area (Å²) in [6.07, 6.45) is 0. The van der Waals surface area contributed by atoms with Crippen LogP contribution in [0.2, 0.25) is 0 Å². The molecule has 124 valence electrons. The maximum absolute atomic E-state index is 12.4. The van der Waals surface area contributed by atoms with Crippen LogP contribution in [0.4, 0.5) is 0 Å². The zero-order valence-electron chi connectivity index (χ0n) is 13.4. The van der Waals surface area contributed by atoms with E-state index in [0.29, 0.717) is 11.3 Å². The smallest absolute Gasteiger partial charge is 0.258 e. The first kappa shape index (κ1) is 16.7. The van der Waals surface area contributed by atoms with Crippen LogP contribution in [0, 0.1) is 11.3 Å². The number of nitrogens with zero attached hydrogens (tertiary/aromatic N) is 1. The summed E-state index contributed by atoms with van der Waals surface area (Å²) < 4.78 is 5.50. The van der Waals surface area contributed by atoms with E-state index in [1.807, 2.05) is 53.9 Å². The molecule has 0 radical (unpaired) electrons. The Morgan fingerprint density at radius 2 is 1.96 bits per heavy atom. The van der Waals surface area contributed by atoms with E-state index in [9.17, 15) is 4.79 Å². The number of carbonyl (C=O) groups excluding carboxylic acids is 1. The second-order valence-electron chi connectivity index (χ2n) is 5.35. The van der Waals surface area contributed by atoms with Crippen molar-refractivity contribution >= 4 is 17.2 Å². The molecule has 0 saturated carbocycles. The Hall–Kier alpha value is -3.10. The summed E-state index contributed by atoms with van der Waals surface area (Å²) in [4.78, 5) is 13.4. The number of rotatable bonds is 6. The molecule has 0 bridgehead atoms. The molecular formula is C20H16N2O2S. The minimum atomic E-state index is -0.218. The zero-order chi connectivity index (χ0) is 17.5. The maximum atomic E-state index is 12.4. The molecule has 25 heavy (non-hydrogen) atoms. The average molecular weight is 348 g/mol. The van der Waals surface area contributed by atoms with Gasteiger partial charge in [0.15, 0.2) is 6.61 Å². The molecule has 0 saturated heterocycles. The molecule has 0 aliphatic carbocycles. The largest absolute Gasteiger partial charge is 0.484 e. The van der Waals surface area contributed by atoms with Crippen LogP contribution in [0.5, 0.6) is 5.75 Å². The van der Waals surface area contributed by atoms with Crippen LogP contribution in [-0.4, -0.2) is 12.5 Å². The molecule has 3 rings (SSSR count). The van der Waals surface area contributed by atoms with Crippen molar-refractivity contribution in [3.05, 3.63) is 88.1 Å². The SMILES string of the molecule is N#Cc1cccc(OCC(=O)N[C@H](c2ccccc2)c2cccs2)c1. The molecule has 1 aromatic heterocycles. The molecule has 4 nitrogen and oxygen atoms in total. The van der Waals surface area contributed by atoms with Crippen molar-refractivity contribution in [3.63, 3.8) is 0 Å². The monoisotopic (exact) mass is 348 g/mol. The molecule has 5 heteroatoms. The summed E-state index contributed by atoms with van der Waals surface area (Å²) >= 11 is 1.60. The average Bonchev–Trinajstić information content (AvgIpc) is 3.20. The van der Waals surface area contributed by atoms with Gasteiger partial charge in [-0.3, -0.25) is 4.79 Å². The van der Waals surface area contributed by atoms with Crippen LogP contribution < -0.4 is 10.1 Å². The Kier molecular flexibility index (Phi) is 5.45. The van der Waals surface area contributed by atoms with Gasteiger partial charge >= 0.3 is 0 Å². The highest BCUT2D eigenvalue weighted by Crippen LogP contribution is 2.25. The highest BCUT2D eigenvalue weighted by Gasteiger charge is 2.17. The number of ether oxygens (including phenoxy) is 1. The lowest BCUT2D eigenvalue weighted by molar-refractivity contribution is -0.123. The Morgan fingerprint density at radius 3 is 2.68 bits per heavy atom. The molecule has 2 aromatic carbocycles. The number of carbonyl (C=O) groups is 1. The molecule has 3 aromatic rings. The van der Waals surface area contributed by atoms with Crippen molar-refractivity contribution < 1.29 is 9.53 Å². The maximum Gasteiger partial charge on any atom is 0.258 e. The van der Waals surface area contributed by atoms with Gasteiger partial charge in [-0.1, -0.05) is 42.5 Å². The fourth-order valence-electron chi connectivity index (χ4n) is 2.43. The van der Waals surface area contributed by atoms with Gasteiger partial charge in [-0.15, -0.1) is 11.3 Å². The first-order valence-corrected chi connectivity index (χ1v) is 8.65. The van der Waals surface area contributed by atoms with Crippen molar-refractivity contribution in [1.29, 1.82) is 5.26 Å². The topological polar surface area (TPSA) is 62.1 Å². The third-order valence-corrected chi connectivity index (χ3v) is 4.54. The first-order chi connectivity index (χ1) is 12.3. The quantitative estimate of drug-likeness (QED) is 0.735. The Labute approximate surface area is 150 Å². The fourth-order valence-corrected chi connectivity index (χ4v) is 3.23. The van der Waals surface area contributed by atoms with E-state index in [1.54, 1.807) is 35.6 Å². The lowest BCUT2D eigenvalue weighted by Crippen LogP contribution is -2.32. The van der Waals surface area contributed by atoms with Crippen molar-refractivity contribution in [2.75, 3.05) is 6.61 Å². The highest BCUT2D eigenvalue weighted by molar-refractivity contribution is 7.10. The van der Waals surface area contributed by atoms with Crippen LogP contribution >= 0.6 is 11.3 Å². The summed E-state index contributed by atoms with van der Waals surface area (Å²) in [5.74, 6) is 0.284. The normalized spacial score (nSPS) is 11.3. The number of hydrogen-bond donors (Lipinski definition) is 1. The van der Waals surface area contributed by atoms with E-state index >= 15 is 0 Å². The second kappa shape index (κ2) is 8.13. The number of amides is 1. The minimum Gasteiger partial charge on any atom is -0.484 e. The van der Waals surface area contributed by atoms with E-state index in [2.05, 4.69) is 5.32 Å². The summed E-state index contributed by atoms with van der Waals surface area (Å²) in [5, 5.41) is 13.9. The van der Waals surface area contributed by atoms with E-state index in [1.165, 1.54) is 0 Å². The van der Waals surface area contributed by atoms with Gasteiger partial charge in [-0.05, 0) is 35.2 Å². The Balaban J connectivity index is 1.67. The third kappa shape index (κ3) is 4.46. The van der Waals surface area contributed by atoms with Gasteiger partial charge in [0, 0.05) is 4.88 Å². The molecule has 0 aliphatic rings. The predicted molar refractivity (Wildman–Crippen MR) is 97.4 cm³/mol. The van der Waals surface area contributed by atoms with Gasteiger partial charge in [-0.25, -0.2) is 0 Å². The van der Waals surface area contributed by atoms with Crippen LogP contribution in [0.25, 0.3) is 0 Å². The third-order valence-electron chi connectivity index (χ3n) is 3.60. The van der Waals surface area contributed by atoms with Gasteiger partial charge in [0.05, 0.1) is 17.7 Å². The number of nitriles is 1. The van der Waals surface area contributed by atoms with Crippen LogP contribution in [0.15, 0.2) is 72.1 Å². The summed E-state index contributed by atoms with van der Waals surface area (Å²) in [6, 6.07) is 22.4. The zero-order valence-corrected chi connectivity index (χ0v) is 14.2. The summed E-state index contributed by atoms with van der Waals surface area (Å²) in [7, 11) is 0. The number of hydrogen-bond acceptors (Lipinski definition) is 4. The van der Waals surface area contributed by atoms with Crippen molar-refractivity contribution in [1.82, 2.24) is 5.32 Å². The van der Waals surface area contributed by atoms with Crippen LogP contribution in [0.1, 0.15) is 22.0 Å². The molecule has 1 heterocycles. The summed E-state index contributed by atoms with van der Waals surface area (Å²) in [5.41, 5.74) is 1.52. The Morgan fingerprint density at radius 1 is 1.12 bits per heavy atom. The molecule has 0 spiro atoms. The summed E-state index contributed by atoms with van der Waals surface area (Å²) in [6.45, 7) is -0.108. The minimum absolute atomic E-state index is 0.108. The van der Waals surface area contributed by atoms with E-state index in [0.717, 1.165) is 10.4 Å². The van der Waals surface area contributed by atoms with Gasteiger partial charge in [0.1, 0.15) is 5.75 Å². The molecule has 0 fully saturated rings. The molecule has 0 aliphatic heterocycles. The van der Waals surface area contributed by atoms with Gasteiger partial charge in [0.2, 0.25) is 0 Å². The van der Waals surface area contributed by atoms with E-state index < -0.39 is 0 Å². The molecule has 1 amide bonds. The molecule has 1 N–H and O–H groups in total. The lowest BCUT2D eigenvalue weighted by atomic mass is 10.1. The number of nitrogens with one attached hydrogen (secondary N) is 1. The van der Waals surface area contributed by atoms with E-state index in [4.69, 9.17) is 10.00 Å². The van der Waals surface area contributed by atoms with Crippen molar-refractivity contribution in [2.24, 2.45) is 0 Å². The standard InChI is InChI=1S/C20H16N2O2S/c21-13-15-6-4-9-17(12-15)24-14-19(23)22-20(18-10-5-11-25-18)16-7-2-1-3-8-16/h1-12,20H,14H2,(H,22,23)/t20-/m1/s1. The number of thiophene rings is 1.